The summed E-state index contributed by atoms with van der Waals surface area (Å²) in [7, 11) is -0.652. The van der Waals surface area contributed by atoms with E-state index in [2.05, 4.69) is 83.0 Å². The standard InChI is InChI=1S/C18H21BrS/c1-20(2,17-6-4-3-5-7-17)18-13-15(18)12-14-8-10-16(19)11-9-14/h3-11,15,18H,12-13H2,1-2H3/t15-,18-/m0/s1. The highest BCUT2D eigenvalue weighted by Gasteiger charge is 2.45. The number of benzene rings is 2. The molecule has 2 atom stereocenters. The normalized spacial score (nSPS) is 22.6. The van der Waals surface area contributed by atoms with Crippen molar-refractivity contribution >= 4 is 26.0 Å². The molecule has 0 amide bonds. The molecular weight excluding hydrogens is 328 g/mol. The third-order valence-electron chi connectivity index (χ3n) is 4.38. The second-order valence-electron chi connectivity index (χ2n) is 6.08. The van der Waals surface area contributed by atoms with Crippen LogP contribution in [0.2, 0.25) is 0 Å². The van der Waals surface area contributed by atoms with Gasteiger partial charge in [-0.1, -0.05) is 58.4 Å². The van der Waals surface area contributed by atoms with Crippen molar-refractivity contribution in [3.8, 4) is 0 Å². The van der Waals surface area contributed by atoms with E-state index in [4.69, 9.17) is 0 Å². The van der Waals surface area contributed by atoms with Gasteiger partial charge in [-0.2, -0.15) is 0 Å². The molecule has 1 fully saturated rings. The Hall–Kier alpha value is -0.730. The molecule has 106 valence electrons. The molecule has 0 heterocycles. The van der Waals surface area contributed by atoms with Crippen LogP contribution in [0, 0.1) is 5.92 Å². The lowest BCUT2D eigenvalue weighted by Crippen LogP contribution is -2.05. The molecule has 0 N–H and O–H groups in total. The van der Waals surface area contributed by atoms with Crippen LogP contribution in [0.4, 0.5) is 0 Å². The smallest absolute Gasteiger partial charge is 0.0175 e. The van der Waals surface area contributed by atoms with Crippen molar-refractivity contribution < 1.29 is 0 Å². The lowest BCUT2D eigenvalue weighted by Gasteiger charge is -2.32. The lowest BCUT2D eigenvalue weighted by atomic mass is 10.1. The van der Waals surface area contributed by atoms with Gasteiger partial charge in [0.2, 0.25) is 0 Å². The second-order valence-corrected chi connectivity index (χ2v) is 10.9. The molecule has 1 aliphatic rings. The van der Waals surface area contributed by atoms with Crippen molar-refractivity contribution in [1.29, 1.82) is 0 Å². The van der Waals surface area contributed by atoms with Gasteiger partial charge in [0.1, 0.15) is 0 Å². The largest absolute Gasteiger partial charge is 0.217 e. The predicted octanol–water partition coefficient (Wildman–Crippen LogP) is 5.50. The predicted molar refractivity (Wildman–Crippen MR) is 93.9 cm³/mol. The van der Waals surface area contributed by atoms with Crippen LogP contribution in [-0.4, -0.2) is 17.8 Å². The van der Waals surface area contributed by atoms with Gasteiger partial charge in [0.05, 0.1) is 0 Å². The third-order valence-corrected chi connectivity index (χ3v) is 8.48. The zero-order chi connectivity index (χ0) is 14.2. The molecule has 2 heteroatoms. The molecule has 1 aliphatic carbocycles. The third kappa shape index (κ3) is 2.96. The summed E-state index contributed by atoms with van der Waals surface area (Å²) in [6.07, 6.45) is 7.59. The first-order chi connectivity index (χ1) is 9.57. The number of hydrogen-bond acceptors (Lipinski definition) is 0. The van der Waals surface area contributed by atoms with Gasteiger partial charge in [-0.05, 0) is 59.1 Å². The Bertz CT molecular complexity index is 574. The minimum atomic E-state index is -0.652. The maximum absolute atomic E-state index is 3.51. The van der Waals surface area contributed by atoms with Gasteiger partial charge in [-0.25, -0.2) is 10.0 Å². The molecule has 0 aliphatic heterocycles. The Morgan fingerprint density at radius 2 is 1.65 bits per heavy atom. The van der Waals surface area contributed by atoms with Crippen LogP contribution in [0.15, 0.2) is 64.0 Å². The Morgan fingerprint density at radius 1 is 1.00 bits per heavy atom. The molecule has 0 aromatic heterocycles. The minimum Gasteiger partial charge on any atom is -0.217 e. The summed E-state index contributed by atoms with van der Waals surface area (Å²) in [6.45, 7) is 0. The average Bonchev–Trinajstić information content (AvgIpc) is 3.22. The van der Waals surface area contributed by atoms with E-state index < -0.39 is 10.0 Å². The van der Waals surface area contributed by atoms with Crippen LogP contribution in [0.3, 0.4) is 0 Å². The molecule has 3 rings (SSSR count). The van der Waals surface area contributed by atoms with Gasteiger partial charge in [0.15, 0.2) is 0 Å². The first-order valence-electron chi connectivity index (χ1n) is 7.09. The summed E-state index contributed by atoms with van der Waals surface area (Å²) in [5, 5.41) is 0.897. The zero-order valence-electron chi connectivity index (χ0n) is 12.1. The van der Waals surface area contributed by atoms with Crippen LogP contribution >= 0.6 is 26.0 Å². The summed E-state index contributed by atoms with van der Waals surface area (Å²) in [5.41, 5.74) is 1.48. The fourth-order valence-electron chi connectivity index (χ4n) is 3.03. The zero-order valence-corrected chi connectivity index (χ0v) is 14.5. The maximum atomic E-state index is 3.51. The molecule has 0 saturated heterocycles. The molecule has 1 saturated carbocycles. The van der Waals surface area contributed by atoms with E-state index in [9.17, 15) is 0 Å². The van der Waals surface area contributed by atoms with Gasteiger partial charge in [-0.3, -0.25) is 0 Å². The molecule has 0 nitrogen and oxygen atoms in total. The van der Waals surface area contributed by atoms with E-state index in [1.807, 2.05) is 0 Å². The molecule has 2 aromatic carbocycles. The Labute approximate surface area is 132 Å². The van der Waals surface area contributed by atoms with Crippen LogP contribution < -0.4 is 0 Å². The van der Waals surface area contributed by atoms with Gasteiger partial charge in [0, 0.05) is 4.47 Å². The molecule has 0 spiro atoms. The Balaban J connectivity index is 1.68. The SMILES string of the molecule is CS(C)(c1ccccc1)[C@H]1C[C@@H]1Cc1ccc(Br)cc1. The molecule has 0 radical (unpaired) electrons. The van der Waals surface area contributed by atoms with Crippen LogP contribution in [-0.2, 0) is 6.42 Å². The van der Waals surface area contributed by atoms with Gasteiger partial charge < -0.3 is 0 Å². The van der Waals surface area contributed by atoms with Crippen molar-refractivity contribution in [2.45, 2.75) is 23.0 Å². The molecule has 0 unspecified atom stereocenters. The molecule has 0 bridgehead atoms. The summed E-state index contributed by atoms with van der Waals surface area (Å²) >= 11 is 3.51. The minimum absolute atomic E-state index is 0.652. The summed E-state index contributed by atoms with van der Waals surface area (Å²) in [5.74, 6) is 0.876. The van der Waals surface area contributed by atoms with E-state index in [1.54, 1.807) is 4.90 Å². The van der Waals surface area contributed by atoms with Crippen molar-refractivity contribution in [1.82, 2.24) is 0 Å². The summed E-state index contributed by atoms with van der Waals surface area (Å²) < 4.78 is 1.17. The van der Waals surface area contributed by atoms with Crippen LogP contribution in [0.1, 0.15) is 12.0 Å². The van der Waals surface area contributed by atoms with E-state index >= 15 is 0 Å². The van der Waals surface area contributed by atoms with Gasteiger partial charge >= 0.3 is 0 Å². The highest BCUT2D eigenvalue weighted by molar-refractivity contribution is 9.10. The van der Waals surface area contributed by atoms with Crippen molar-refractivity contribution in [3.05, 3.63) is 64.6 Å². The molecule has 20 heavy (non-hydrogen) atoms. The number of halogens is 1. The molecule has 2 aromatic rings. The number of hydrogen-bond donors (Lipinski definition) is 0. The topological polar surface area (TPSA) is 0 Å². The van der Waals surface area contributed by atoms with Crippen molar-refractivity contribution in [3.63, 3.8) is 0 Å². The van der Waals surface area contributed by atoms with E-state index in [1.165, 1.54) is 22.9 Å². The van der Waals surface area contributed by atoms with Crippen molar-refractivity contribution in [2.75, 3.05) is 12.5 Å². The monoisotopic (exact) mass is 348 g/mol. The lowest BCUT2D eigenvalue weighted by molar-refractivity contribution is 0.834. The highest BCUT2D eigenvalue weighted by atomic mass is 79.9. The Kier molecular flexibility index (Phi) is 3.96. The van der Waals surface area contributed by atoms with E-state index in [0.717, 1.165) is 11.2 Å². The quantitative estimate of drug-likeness (QED) is 0.683. The van der Waals surface area contributed by atoms with Gasteiger partial charge in [-0.15, -0.1) is 0 Å². The second kappa shape index (κ2) is 5.57. The highest BCUT2D eigenvalue weighted by Crippen LogP contribution is 2.65. The fourth-order valence-corrected chi connectivity index (χ4v) is 6.28. The van der Waals surface area contributed by atoms with E-state index in [-0.39, 0.29) is 0 Å². The van der Waals surface area contributed by atoms with Crippen LogP contribution in [0.5, 0.6) is 0 Å². The van der Waals surface area contributed by atoms with Crippen LogP contribution in [0.25, 0.3) is 0 Å². The first kappa shape index (κ1) is 14.2. The average molecular weight is 349 g/mol. The van der Waals surface area contributed by atoms with E-state index in [0.29, 0.717) is 0 Å². The number of rotatable bonds is 4. The first-order valence-corrected chi connectivity index (χ1v) is 10.4. The summed E-state index contributed by atoms with van der Waals surface area (Å²) in [4.78, 5) is 1.56. The fraction of sp³-hybridized carbons (Fsp3) is 0.333. The summed E-state index contributed by atoms with van der Waals surface area (Å²) in [6, 6.07) is 19.9. The van der Waals surface area contributed by atoms with Crippen molar-refractivity contribution in [2.24, 2.45) is 5.92 Å². The maximum Gasteiger partial charge on any atom is 0.0175 e. The molecular formula is C18H21BrS. The van der Waals surface area contributed by atoms with Gasteiger partial charge in [0.25, 0.3) is 0 Å². The Morgan fingerprint density at radius 3 is 2.30 bits per heavy atom.